The number of morpholine rings is 1. The van der Waals surface area contributed by atoms with Gasteiger partial charge in [-0.3, -0.25) is 9.47 Å². The Kier molecular flexibility index (Phi) is 3.35. The zero-order valence-electron chi connectivity index (χ0n) is 10.6. The Bertz CT molecular complexity index is 628. The van der Waals surface area contributed by atoms with Crippen molar-refractivity contribution in [2.24, 2.45) is 0 Å². The molecule has 0 atom stereocenters. The Morgan fingerprint density at radius 1 is 1.26 bits per heavy atom. The van der Waals surface area contributed by atoms with Crippen molar-refractivity contribution >= 4 is 11.0 Å². The number of imidazole rings is 1. The molecule has 1 fully saturated rings. The number of nitrogens with one attached hydrogen (secondary N) is 1. The molecule has 0 bridgehead atoms. The molecule has 2 aromatic rings. The number of hydrogen-bond donors (Lipinski definition) is 1. The maximum atomic E-state index is 13.1. The van der Waals surface area contributed by atoms with Gasteiger partial charge in [0.15, 0.2) is 0 Å². The van der Waals surface area contributed by atoms with Gasteiger partial charge in [-0.1, -0.05) is 0 Å². The molecular weight excluding hydrogens is 249 g/mol. The number of nitrogens with zero attached hydrogens (tertiary/aromatic N) is 2. The van der Waals surface area contributed by atoms with Gasteiger partial charge in [-0.25, -0.2) is 9.18 Å². The Balaban J connectivity index is 1.80. The van der Waals surface area contributed by atoms with Crippen LogP contribution in [0.1, 0.15) is 0 Å². The van der Waals surface area contributed by atoms with E-state index in [4.69, 9.17) is 4.74 Å². The molecule has 1 saturated heterocycles. The molecule has 0 radical (unpaired) electrons. The minimum Gasteiger partial charge on any atom is -0.379 e. The van der Waals surface area contributed by atoms with Crippen LogP contribution in [-0.2, 0) is 11.3 Å². The molecule has 0 saturated carbocycles. The van der Waals surface area contributed by atoms with Crippen LogP contribution in [0.2, 0.25) is 0 Å². The number of hydrogen-bond acceptors (Lipinski definition) is 3. The molecule has 1 aliphatic heterocycles. The molecule has 6 heteroatoms. The molecule has 1 N–H and O–H groups in total. The Labute approximate surface area is 109 Å². The van der Waals surface area contributed by atoms with Gasteiger partial charge in [0.25, 0.3) is 0 Å². The van der Waals surface area contributed by atoms with Gasteiger partial charge < -0.3 is 9.72 Å². The maximum Gasteiger partial charge on any atom is 0.326 e. The second kappa shape index (κ2) is 5.14. The number of ether oxygens (including phenoxy) is 1. The molecule has 0 unspecified atom stereocenters. The summed E-state index contributed by atoms with van der Waals surface area (Å²) in [7, 11) is 0. The molecule has 1 aliphatic rings. The Morgan fingerprint density at radius 3 is 2.84 bits per heavy atom. The first-order valence-corrected chi connectivity index (χ1v) is 6.42. The van der Waals surface area contributed by atoms with Gasteiger partial charge >= 0.3 is 5.69 Å². The monoisotopic (exact) mass is 265 g/mol. The van der Waals surface area contributed by atoms with Crippen LogP contribution in [0.15, 0.2) is 23.0 Å². The van der Waals surface area contributed by atoms with Crippen LogP contribution in [0.3, 0.4) is 0 Å². The quantitative estimate of drug-likeness (QED) is 0.893. The second-order valence-electron chi connectivity index (χ2n) is 4.70. The third kappa shape index (κ3) is 2.54. The number of aromatic amines is 1. The number of halogens is 1. The minimum atomic E-state index is -0.339. The van der Waals surface area contributed by atoms with Crippen LogP contribution in [0, 0.1) is 5.82 Å². The van der Waals surface area contributed by atoms with E-state index < -0.39 is 0 Å². The highest BCUT2D eigenvalue weighted by atomic mass is 19.1. The van der Waals surface area contributed by atoms with Crippen molar-refractivity contribution in [1.82, 2.24) is 14.5 Å². The second-order valence-corrected chi connectivity index (χ2v) is 4.70. The minimum absolute atomic E-state index is 0.186. The molecule has 0 amide bonds. The first-order chi connectivity index (χ1) is 9.24. The van der Waals surface area contributed by atoms with E-state index >= 15 is 0 Å². The molecule has 2 heterocycles. The number of rotatable bonds is 3. The number of aromatic nitrogens is 2. The van der Waals surface area contributed by atoms with Gasteiger partial charge in [-0.2, -0.15) is 0 Å². The smallest absolute Gasteiger partial charge is 0.326 e. The largest absolute Gasteiger partial charge is 0.379 e. The van der Waals surface area contributed by atoms with Crippen molar-refractivity contribution < 1.29 is 9.13 Å². The van der Waals surface area contributed by atoms with E-state index in [9.17, 15) is 9.18 Å². The van der Waals surface area contributed by atoms with Gasteiger partial charge in [0, 0.05) is 26.2 Å². The molecule has 1 aromatic carbocycles. The summed E-state index contributed by atoms with van der Waals surface area (Å²) in [4.78, 5) is 16.8. The van der Waals surface area contributed by atoms with Crippen LogP contribution in [0.25, 0.3) is 11.0 Å². The third-order valence-electron chi connectivity index (χ3n) is 3.48. The number of benzene rings is 1. The van der Waals surface area contributed by atoms with Gasteiger partial charge in [-0.05, 0) is 18.2 Å². The molecule has 102 valence electrons. The molecule has 0 spiro atoms. The molecule has 1 aromatic heterocycles. The van der Waals surface area contributed by atoms with Crippen molar-refractivity contribution in [3.63, 3.8) is 0 Å². The zero-order valence-corrected chi connectivity index (χ0v) is 10.6. The first-order valence-electron chi connectivity index (χ1n) is 6.42. The zero-order chi connectivity index (χ0) is 13.2. The van der Waals surface area contributed by atoms with E-state index in [0.717, 1.165) is 38.4 Å². The van der Waals surface area contributed by atoms with Crippen molar-refractivity contribution in [2.45, 2.75) is 6.54 Å². The summed E-state index contributed by atoms with van der Waals surface area (Å²) >= 11 is 0. The molecule has 3 rings (SSSR count). The van der Waals surface area contributed by atoms with E-state index in [-0.39, 0.29) is 11.5 Å². The predicted molar refractivity (Wildman–Crippen MR) is 69.8 cm³/mol. The van der Waals surface area contributed by atoms with Crippen LogP contribution in [0.4, 0.5) is 4.39 Å². The molecule has 0 aliphatic carbocycles. The number of H-pyrrole nitrogens is 1. The summed E-state index contributed by atoms with van der Waals surface area (Å²) in [5, 5.41) is 0. The highest BCUT2D eigenvalue weighted by molar-refractivity contribution is 5.75. The van der Waals surface area contributed by atoms with Gasteiger partial charge in [0.2, 0.25) is 0 Å². The topological polar surface area (TPSA) is 50.3 Å². The van der Waals surface area contributed by atoms with Gasteiger partial charge in [0.05, 0.1) is 24.2 Å². The average molecular weight is 265 g/mol. The van der Waals surface area contributed by atoms with Gasteiger partial charge in [-0.15, -0.1) is 0 Å². The normalized spacial score (nSPS) is 17.1. The fourth-order valence-corrected chi connectivity index (χ4v) is 2.42. The average Bonchev–Trinajstić information content (AvgIpc) is 2.72. The summed E-state index contributed by atoms with van der Waals surface area (Å²) in [5.41, 5.74) is 1.11. The third-order valence-corrected chi connectivity index (χ3v) is 3.48. The molecular formula is C13H16FN3O2. The van der Waals surface area contributed by atoms with E-state index in [1.54, 1.807) is 10.6 Å². The van der Waals surface area contributed by atoms with Crippen molar-refractivity contribution in [1.29, 1.82) is 0 Å². The summed E-state index contributed by atoms with van der Waals surface area (Å²) < 4.78 is 20.0. The van der Waals surface area contributed by atoms with Gasteiger partial charge in [0.1, 0.15) is 5.82 Å². The highest BCUT2D eigenvalue weighted by Gasteiger charge is 2.12. The predicted octanol–water partition coefficient (Wildman–Crippen LogP) is 0.801. The van der Waals surface area contributed by atoms with E-state index in [1.165, 1.54) is 12.1 Å². The van der Waals surface area contributed by atoms with Crippen LogP contribution < -0.4 is 5.69 Å². The summed E-state index contributed by atoms with van der Waals surface area (Å²) in [6.07, 6.45) is 0. The van der Waals surface area contributed by atoms with Crippen LogP contribution in [-0.4, -0.2) is 47.3 Å². The lowest BCUT2D eigenvalue weighted by molar-refractivity contribution is 0.0364. The Morgan fingerprint density at radius 2 is 2.05 bits per heavy atom. The SMILES string of the molecule is O=c1[nH]c2cc(F)ccc2n1CCN1CCOCC1. The molecule has 5 nitrogen and oxygen atoms in total. The lowest BCUT2D eigenvalue weighted by Gasteiger charge is -2.26. The summed E-state index contributed by atoms with van der Waals surface area (Å²) in [6, 6.07) is 4.37. The van der Waals surface area contributed by atoms with Crippen molar-refractivity contribution in [2.75, 3.05) is 32.8 Å². The Hall–Kier alpha value is -1.66. The van der Waals surface area contributed by atoms with Crippen molar-refractivity contribution in [3.8, 4) is 0 Å². The fraction of sp³-hybridized carbons (Fsp3) is 0.462. The van der Waals surface area contributed by atoms with Crippen LogP contribution in [0.5, 0.6) is 0 Å². The van der Waals surface area contributed by atoms with Crippen molar-refractivity contribution in [3.05, 3.63) is 34.5 Å². The lowest BCUT2D eigenvalue weighted by atomic mass is 10.3. The fourth-order valence-electron chi connectivity index (χ4n) is 2.42. The number of fused-ring (bicyclic) bond motifs is 1. The summed E-state index contributed by atoms with van der Waals surface area (Å²) in [5.74, 6) is -0.339. The first kappa shape index (κ1) is 12.4. The van der Waals surface area contributed by atoms with E-state index in [2.05, 4.69) is 9.88 Å². The lowest BCUT2D eigenvalue weighted by Crippen LogP contribution is -2.39. The molecule has 19 heavy (non-hydrogen) atoms. The summed E-state index contributed by atoms with van der Waals surface area (Å²) in [6.45, 7) is 4.68. The standard InChI is InChI=1S/C13H16FN3O2/c14-10-1-2-12-11(9-10)15-13(18)17(12)4-3-16-5-7-19-8-6-16/h1-2,9H,3-8H2,(H,15,18). The van der Waals surface area contributed by atoms with E-state index in [1.807, 2.05) is 0 Å². The highest BCUT2D eigenvalue weighted by Crippen LogP contribution is 2.12. The van der Waals surface area contributed by atoms with E-state index in [0.29, 0.717) is 12.1 Å². The van der Waals surface area contributed by atoms with Crippen LogP contribution >= 0.6 is 0 Å². The maximum absolute atomic E-state index is 13.1.